The quantitative estimate of drug-likeness (QED) is 0.784. The molecular weight excluding hydrogens is 336 g/mol. The molecule has 0 aliphatic rings. The fourth-order valence-electron chi connectivity index (χ4n) is 2.65. The first-order valence-corrected chi connectivity index (χ1v) is 8.78. The number of carbonyl (C=O) groups is 1. The largest absolute Gasteiger partial charge is 0.394 e. The van der Waals surface area contributed by atoms with Crippen molar-refractivity contribution in [2.45, 2.75) is 33.4 Å². The minimum Gasteiger partial charge on any atom is -0.394 e. The Morgan fingerprint density at radius 1 is 1.20 bits per heavy atom. The number of aryl methyl sites for hydroxylation is 1. The molecule has 0 unspecified atom stereocenters. The number of rotatable bonds is 6. The lowest BCUT2D eigenvalue weighted by atomic mass is 10.0. The highest BCUT2D eigenvalue weighted by Gasteiger charge is 2.26. The van der Waals surface area contributed by atoms with Gasteiger partial charge in [-0.1, -0.05) is 61.8 Å². The van der Waals surface area contributed by atoms with E-state index in [9.17, 15) is 9.90 Å². The number of aliphatic hydroxyl groups is 1. The zero-order chi connectivity index (χ0) is 18.4. The molecule has 0 spiro atoms. The number of anilines is 1. The Morgan fingerprint density at radius 3 is 2.44 bits per heavy atom. The molecule has 0 aliphatic carbocycles. The molecule has 0 aliphatic heterocycles. The van der Waals surface area contributed by atoms with Crippen molar-refractivity contribution in [3.8, 4) is 0 Å². The Labute approximate surface area is 154 Å². The standard InChI is InChI=1S/C20H25ClN2O2/c1-14(2)19(13-24)23(12-16-7-5-4-6-8-16)20(25)22-17-10-9-15(3)18(21)11-17/h4-11,14,19,24H,12-13H2,1-3H3,(H,22,25)/t19-/m0/s1. The number of aliphatic hydroxyl groups excluding tert-OH is 1. The highest BCUT2D eigenvalue weighted by molar-refractivity contribution is 6.31. The molecule has 4 nitrogen and oxygen atoms in total. The predicted molar refractivity (Wildman–Crippen MR) is 103 cm³/mol. The summed E-state index contributed by atoms with van der Waals surface area (Å²) in [5.74, 6) is 0.126. The number of nitrogens with one attached hydrogen (secondary N) is 1. The molecule has 0 fully saturated rings. The molecule has 2 N–H and O–H groups in total. The van der Waals surface area contributed by atoms with E-state index in [1.165, 1.54) is 0 Å². The highest BCUT2D eigenvalue weighted by Crippen LogP contribution is 2.22. The highest BCUT2D eigenvalue weighted by atomic mass is 35.5. The molecule has 0 bridgehead atoms. The summed E-state index contributed by atoms with van der Waals surface area (Å²) in [6, 6.07) is 14.7. The van der Waals surface area contributed by atoms with Crippen LogP contribution in [0.5, 0.6) is 0 Å². The van der Waals surface area contributed by atoms with Crippen LogP contribution in [0.2, 0.25) is 5.02 Å². The van der Waals surface area contributed by atoms with Crippen LogP contribution in [0.3, 0.4) is 0 Å². The Kier molecular flexibility index (Phi) is 6.85. The lowest BCUT2D eigenvalue weighted by Crippen LogP contribution is -2.47. The molecule has 0 radical (unpaired) electrons. The van der Waals surface area contributed by atoms with Crippen LogP contribution in [0.15, 0.2) is 48.5 Å². The third kappa shape index (κ3) is 5.21. The van der Waals surface area contributed by atoms with Gasteiger partial charge in [0.15, 0.2) is 0 Å². The number of hydrogen-bond acceptors (Lipinski definition) is 2. The molecule has 2 amide bonds. The van der Waals surface area contributed by atoms with Gasteiger partial charge in [0.25, 0.3) is 0 Å². The van der Waals surface area contributed by atoms with Crippen molar-refractivity contribution in [1.82, 2.24) is 4.90 Å². The maximum atomic E-state index is 12.9. The van der Waals surface area contributed by atoms with Gasteiger partial charge < -0.3 is 15.3 Å². The lowest BCUT2D eigenvalue weighted by Gasteiger charge is -2.33. The maximum Gasteiger partial charge on any atom is 0.322 e. The monoisotopic (exact) mass is 360 g/mol. The summed E-state index contributed by atoms with van der Waals surface area (Å²) < 4.78 is 0. The van der Waals surface area contributed by atoms with E-state index in [-0.39, 0.29) is 24.6 Å². The van der Waals surface area contributed by atoms with Crippen LogP contribution in [-0.4, -0.2) is 28.7 Å². The summed E-state index contributed by atoms with van der Waals surface area (Å²) >= 11 is 6.14. The van der Waals surface area contributed by atoms with Gasteiger partial charge in [0, 0.05) is 17.3 Å². The first-order valence-electron chi connectivity index (χ1n) is 8.41. The minimum atomic E-state index is -0.277. The predicted octanol–water partition coefficient (Wildman–Crippen LogP) is 4.70. The average molecular weight is 361 g/mol. The number of halogens is 1. The normalized spacial score (nSPS) is 12.1. The van der Waals surface area contributed by atoms with Crippen LogP contribution in [-0.2, 0) is 6.54 Å². The van der Waals surface area contributed by atoms with Gasteiger partial charge in [0.2, 0.25) is 0 Å². The van der Waals surface area contributed by atoms with E-state index >= 15 is 0 Å². The van der Waals surface area contributed by atoms with E-state index in [4.69, 9.17) is 11.6 Å². The van der Waals surface area contributed by atoms with Crippen molar-refractivity contribution in [1.29, 1.82) is 0 Å². The van der Waals surface area contributed by atoms with Crippen LogP contribution in [0.1, 0.15) is 25.0 Å². The molecule has 134 valence electrons. The van der Waals surface area contributed by atoms with E-state index in [0.29, 0.717) is 17.3 Å². The van der Waals surface area contributed by atoms with Crippen LogP contribution >= 0.6 is 11.6 Å². The van der Waals surface area contributed by atoms with Crippen molar-refractivity contribution >= 4 is 23.3 Å². The minimum absolute atomic E-state index is 0.0907. The Hall–Kier alpha value is -2.04. The molecule has 0 saturated carbocycles. The molecule has 0 saturated heterocycles. The van der Waals surface area contributed by atoms with Gasteiger partial charge in [-0.15, -0.1) is 0 Å². The number of hydrogen-bond donors (Lipinski definition) is 2. The summed E-state index contributed by atoms with van der Waals surface area (Å²) in [5, 5.41) is 13.3. The first kappa shape index (κ1) is 19.3. The van der Waals surface area contributed by atoms with Crippen LogP contribution in [0, 0.1) is 12.8 Å². The fraction of sp³-hybridized carbons (Fsp3) is 0.350. The Balaban J connectivity index is 2.23. The number of urea groups is 1. The van der Waals surface area contributed by atoms with Gasteiger partial charge in [-0.05, 0) is 36.1 Å². The summed E-state index contributed by atoms with van der Waals surface area (Å²) in [4.78, 5) is 14.6. The van der Waals surface area contributed by atoms with Crippen molar-refractivity contribution in [2.75, 3.05) is 11.9 Å². The van der Waals surface area contributed by atoms with E-state index in [2.05, 4.69) is 5.32 Å². The zero-order valence-electron chi connectivity index (χ0n) is 14.9. The second-order valence-corrected chi connectivity index (χ2v) is 6.91. The molecule has 2 aromatic rings. The molecule has 2 rings (SSSR count). The summed E-state index contributed by atoms with van der Waals surface area (Å²) in [5.41, 5.74) is 2.61. The van der Waals surface area contributed by atoms with Gasteiger partial charge in [-0.25, -0.2) is 4.79 Å². The molecule has 1 atom stereocenters. The van der Waals surface area contributed by atoms with E-state index in [1.54, 1.807) is 11.0 Å². The van der Waals surface area contributed by atoms with Gasteiger partial charge in [-0.3, -0.25) is 0 Å². The molecule has 2 aromatic carbocycles. The summed E-state index contributed by atoms with van der Waals surface area (Å²) in [6.45, 7) is 6.24. The van der Waals surface area contributed by atoms with E-state index in [0.717, 1.165) is 11.1 Å². The third-order valence-corrected chi connectivity index (χ3v) is 4.64. The maximum absolute atomic E-state index is 12.9. The van der Waals surface area contributed by atoms with Gasteiger partial charge in [0.1, 0.15) is 0 Å². The molecule has 0 aromatic heterocycles. The van der Waals surface area contributed by atoms with Gasteiger partial charge >= 0.3 is 6.03 Å². The summed E-state index contributed by atoms with van der Waals surface area (Å²) in [7, 11) is 0. The third-order valence-electron chi connectivity index (χ3n) is 4.24. The van der Waals surface area contributed by atoms with E-state index < -0.39 is 0 Å². The Bertz CT molecular complexity index is 704. The molecule has 25 heavy (non-hydrogen) atoms. The van der Waals surface area contributed by atoms with Crippen LogP contribution in [0.25, 0.3) is 0 Å². The van der Waals surface area contributed by atoms with Crippen LogP contribution < -0.4 is 5.32 Å². The van der Waals surface area contributed by atoms with Gasteiger partial charge in [-0.2, -0.15) is 0 Å². The number of benzene rings is 2. The van der Waals surface area contributed by atoms with Crippen molar-refractivity contribution < 1.29 is 9.90 Å². The smallest absolute Gasteiger partial charge is 0.322 e. The topological polar surface area (TPSA) is 52.6 Å². The van der Waals surface area contributed by atoms with E-state index in [1.807, 2.05) is 63.2 Å². The lowest BCUT2D eigenvalue weighted by molar-refractivity contribution is 0.110. The molecule has 0 heterocycles. The second kappa shape index (κ2) is 8.88. The SMILES string of the molecule is Cc1ccc(NC(=O)N(Cc2ccccc2)[C@@H](CO)C(C)C)cc1Cl. The summed E-state index contributed by atoms with van der Waals surface area (Å²) in [6.07, 6.45) is 0. The van der Waals surface area contributed by atoms with Crippen molar-refractivity contribution in [3.63, 3.8) is 0 Å². The number of carbonyl (C=O) groups excluding carboxylic acids is 1. The first-order chi connectivity index (χ1) is 11.9. The number of amides is 2. The number of nitrogens with zero attached hydrogens (tertiary/aromatic N) is 1. The Morgan fingerprint density at radius 2 is 1.88 bits per heavy atom. The molecular formula is C20H25ClN2O2. The van der Waals surface area contributed by atoms with Gasteiger partial charge in [0.05, 0.1) is 12.6 Å². The molecule has 5 heteroatoms. The second-order valence-electron chi connectivity index (χ2n) is 6.50. The average Bonchev–Trinajstić information content (AvgIpc) is 2.58. The van der Waals surface area contributed by atoms with Crippen LogP contribution in [0.4, 0.5) is 10.5 Å². The zero-order valence-corrected chi connectivity index (χ0v) is 15.6. The van der Waals surface area contributed by atoms with Crippen molar-refractivity contribution in [2.24, 2.45) is 5.92 Å². The fourth-order valence-corrected chi connectivity index (χ4v) is 2.84. The van der Waals surface area contributed by atoms with Crippen molar-refractivity contribution in [3.05, 3.63) is 64.7 Å².